The molecule has 0 unspecified atom stereocenters. The average Bonchev–Trinajstić information content (AvgIpc) is 2.30. The molecular formula is C14H15BrN2. The van der Waals surface area contributed by atoms with E-state index in [1.54, 1.807) is 0 Å². The van der Waals surface area contributed by atoms with Crippen LogP contribution < -0.4 is 5.32 Å². The first-order valence-electron chi connectivity index (χ1n) is 5.57. The monoisotopic (exact) mass is 290 g/mol. The number of rotatable bonds is 3. The van der Waals surface area contributed by atoms with Gasteiger partial charge in [0.2, 0.25) is 0 Å². The molecule has 0 saturated heterocycles. The zero-order chi connectivity index (χ0) is 12.3. The van der Waals surface area contributed by atoms with Crippen molar-refractivity contribution in [2.45, 2.75) is 20.4 Å². The molecule has 0 atom stereocenters. The lowest BCUT2D eigenvalue weighted by atomic mass is 10.2. The predicted molar refractivity (Wildman–Crippen MR) is 75.2 cm³/mol. The van der Waals surface area contributed by atoms with Gasteiger partial charge in [0.15, 0.2) is 0 Å². The van der Waals surface area contributed by atoms with Gasteiger partial charge < -0.3 is 5.32 Å². The van der Waals surface area contributed by atoms with Crippen molar-refractivity contribution in [2.24, 2.45) is 0 Å². The Kier molecular flexibility index (Phi) is 3.79. The third-order valence-electron chi connectivity index (χ3n) is 2.62. The number of pyridine rings is 1. The molecule has 1 heterocycles. The van der Waals surface area contributed by atoms with Gasteiger partial charge >= 0.3 is 0 Å². The minimum absolute atomic E-state index is 0.753. The fourth-order valence-electron chi connectivity index (χ4n) is 1.61. The number of aryl methyl sites for hydroxylation is 2. The lowest BCUT2D eigenvalue weighted by molar-refractivity contribution is 1.03. The Bertz CT molecular complexity index is 506. The zero-order valence-electron chi connectivity index (χ0n) is 10.00. The van der Waals surface area contributed by atoms with E-state index in [4.69, 9.17) is 0 Å². The number of aromatic nitrogens is 1. The van der Waals surface area contributed by atoms with Crippen LogP contribution in [0.2, 0.25) is 0 Å². The number of hydrogen-bond acceptors (Lipinski definition) is 2. The van der Waals surface area contributed by atoms with E-state index in [0.29, 0.717) is 0 Å². The molecule has 0 radical (unpaired) electrons. The minimum Gasteiger partial charge on any atom is -0.379 e. The van der Waals surface area contributed by atoms with Crippen molar-refractivity contribution < 1.29 is 0 Å². The highest BCUT2D eigenvalue weighted by Crippen LogP contribution is 2.20. The first-order valence-corrected chi connectivity index (χ1v) is 6.36. The molecule has 2 aromatic rings. The Hall–Kier alpha value is -1.35. The van der Waals surface area contributed by atoms with E-state index < -0.39 is 0 Å². The van der Waals surface area contributed by atoms with Gasteiger partial charge in [-0.15, -0.1) is 0 Å². The summed E-state index contributed by atoms with van der Waals surface area (Å²) in [5.41, 5.74) is 4.62. The highest BCUT2D eigenvalue weighted by atomic mass is 79.9. The fraction of sp³-hybridized carbons (Fsp3) is 0.214. The van der Waals surface area contributed by atoms with Crippen LogP contribution in [0.25, 0.3) is 0 Å². The van der Waals surface area contributed by atoms with Crippen LogP contribution in [0.5, 0.6) is 0 Å². The van der Waals surface area contributed by atoms with Gasteiger partial charge in [-0.05, 0) is 49.2 Å². The van der Waals surface area contributed by atoms with Gasteiger partial charge in [-0.3, -0.25) is 4.98 Å². The third-order valence-corrected chi connectivity index (χ3v) is 3.11. The van der Waals surface area contributed by atoms with E-state index in [0.717, 1.165) is 22.4 Å². The lowest BCUT2D eigenvalue weighted by Gasteiger charge is -2.09. The van der Waals surface area contributed by atoms with Crippen LogP contribution >= 0.6 is 15.9 Å². The lowest BCUT2D eigenvalue weighted by Crippen LogP contribution is -2.02. The second-order valence-electron chi connectivity index (χ2n) is 4.14. The van der Waals surface area contributed by atoms with Gasteiger partial charge in [-0.1, -0.05) is 22.0 Å². The van der Waals surface area contributed by atoms with Crippen LogP contribution in [-0.2, 0) is 6.54 Å². The van der Waals surface area contributed by atoms with Gasteiger partial charge in [-0.25, -0.2) is 0 Å². The second-order valence-corrected chi connectivity index (χ2v) is 5.06. The number of nitrogens with one attached hydrogen (secondary N) is 1. The van der Waals surface area contributed by atoms with Crippen LogP contribution in [0.4, 0.5) is 5.69 Å². The molecule has 0 aliphatic carbocycles. The molecule has 88 valence electrons. The van der Waals surface area contributed by atoms with Gasteiger partial charge in [0.25, 0.3) is 0 Å². The van der Waals surface area contributed by atoms with Crippen molar-refractivity contribution >= 4 is 21.6 Å². The number of halogens is 1. The van der Waals surface area contributed by atoms with Crippen LogP contribution in [0.1, 0.15) is 16.8 Å². The molecule has 0 spiro atoms. The predicted octanol–water partition coefficient (Wildman–Crippen LogP) is 4.07. The summed E-state index contributed by atoms with van der Waals surface area (Å²) >= 11 is 3.46. The van der Waals surface area contributed by atoms with Crippen molar-refractivity contribution in [1.82, 2.24) is 4.98 Å². The molecule has 0 fully saturated rings. The first kappa shape index (κ1) is 12.1. The van der Waals surface area contributed by atoms with Crippen LogP contribution in [0.3, 0.4) is 0 Å². The Morgan fingerprint density at radius 2 is 2.00 bits per heavy atom. The maximum atomic E-state index is 4.37. The molecule has 2 nitrogen and oxygen atoms in total. The van der Waals surface area contributed by atoms with Crippen LogP contribution in [-0.4, -0.2) is 4.98 Å². The maximum Gasteiger partial charge on any atom is 0.0594 e. The van der Waals surface area contributed by atoms with E-state index in [1.807, 2.05) is 19.2 Å². The maximum absolute atomic E-state index is 4.37. The van der Waals surface area contributed by atoms with Crippen molar-refractivity contribution in [3.8, 4) is 0 Å². The van der Waals surface area contributed by atoms with Crippen LogP contribution in [0.15, 0.2) is 41.0 Å². The number of hydrogen-bond donors (Lipinski definition) is 1. The van der Waals surface area contributed by atoms with Gasteiger partial charge in [0.05, 0.1) is 12.2 Å². The molecule has 17 heavy (non-hydrogen) atoms. The highest BCUT2D eigenvalue weighted by Gasteiger charge is 1.99. The number of anilines is 1. The molecule has 1 aromatic heterocycles. The smallest absolute Gasteiger partial charge is 0.0594 e. The normalized spacial score (nSPS) is 10.3. The third kappa shape index (κ3) is 3.30. The summed E-state index contributed by atoms with van der Waals surface area (Å²) in [7, 11) is 0. The quantitative estimate of drug-likeness (QED) is 0.922. The summed E-state index contributed by atoms with van der Waals surface area (Å²) in [6.45, 7) is 4.89. The van der Waals surface area contributed by atoms with Gasteiger partial charge in [0.1, 0.15) is 0 Å². The molecule has 0 amide bonds. The molecule has 2 rings (SSSR count). The summed E-state index contributed by atoms with van der Waals surface area (Å²) in [5.74, 6) is 0. The zero-order valence-corrected chi connectivity index (χ0v) is 11.6. The van der Waals surface area contributed by atoms with Crippen molar-refractivity contribution in [2.75, 3.05) is 5.32 Å². The Morgan fingerprint density at radius 1 is 1.18 bits per heavy atom. The topological polar surface area (TPSA) is 24.9 Å². The number of nitrogens with zero attached hydrogens (tertiary/aromatic N) is 1. The minimum atomic E-state index is 0.753. The van der Waals surface area contributed by atoms with Crippen molar-refractivity contribution in [3.63, 3.8) is 0 Å². The Balaban J connectivity index is 2.04. The number of benzene rings is 1. The second kappa shape index (κ2) is 5.32. The first-order chi connectivity index (χ1) is 8.15. The van der Waals surface area contributed by atoms with E-state index >= 15 is 0 Å². The van der Waals surface area contributed by atoms with E-state index in [9.17, 15) is 0 Å². The molecule has 0 aliphatic rings. The summed E-state index contributed by atoms with van der Waals surface area (Å²) in [4.78, 5) is 4.37. The molecule has 0 aliphatic heterocycles. The van der Waals surface area contributed by atoms with Gasteiger partial charge in [-0.2, -0.15) is 0 Å². The van der Waals surface area contributed by atoms with E-state index in [1.165, 1.54) is 11.1 Å². The molecule has 0 saturated carbocycles. The Labute approximate surface area is 110 Å². The molecule has 1 aromatic carbocycles. The summed E-state index contributed by atoms with van der Waals surface area (Å²) in [6.07, 6.45) is 1.89. The van der Waals surface area contributed by atoms with E-state index in [-0.39, 0.29) is 0 Å². The van der Waals surface area contributed by atoms with Gasteiger partial charge in [0, 0.05) is 16.4 Å². The summed E-state index contributed by atoms with van der Waals surface area (Å²) < 4.78 is 1.11. The van der Waals surface area contributed by atoms with Crippen molar-refractivity contribution in [1.29, 1.82) is 0 Å². The van der Waals surface area contributed by atoms with E-state index in [2.05, 4.69) is 57.4 Å². The molecular weight excluding hydrogens is 276 g/mol. The van der Waals surface area contributed by atoms with Crippen LogP contribution in [0, 0.1) is 13.8 Å². The highest BCUT2D eigenvalue weighted by molar-refractivity contribution is 9.10. The fourth-order valence-corrected chi connectivity index (χ4v) is 2.09. The molecule has 0 bridgehead atoms. The Morgan fingerprint density at radius 3 is 2.65 bits per heavy atom. The standard InChI is InChI=1S/C14H15BrN2/c1-10-3-5-13(16-8-10)9-17-14-6-4-12(15)7-11(14)2/h3-8,17H,9H2,1-2H3. The molecule has 1 N–H and O–H groups in total. The summed E-state index contributed by atoms with van der Waals surface area (Å²) in [6, 6.07) is 10.4. The van der Waals surface area contributed by atoms with Crippen molar-refractivity contribution in [3.05, 3.63) is 57.8 Å². The SMILES string of the molecule is Cc1ccc(CNc2ccc(Br)cc2C)nc1. The summed E-state index contributed by atoms with van der Waals surface area (Å²) in [5, 5.41) is 3.39. The average molecular weight is 291 g/mol. The molecule has 3 heteroatoms. The largest absolute Gasteiger partial charge is 0.379 e.